The molecule has 0 aromatic heterocycles. The molecule has 0 spiro atoms. The van der Waals surface area contributed by atoms with Gasteiger partial charge in [0.1, 0.15) is 0 Å². The summed E-state index contributed by atoms with van der Waals surface area (Å²) in [5.74, 6) is 0.705. The Labute approximate surface area is 102 Å². The van der Waals surface area contributed by atoms with Crippen molar-refractivity contribution in [2.75, 3.05) is 12.4 Å². The Morgan fingerprint density at radius 3 is 2.81 bits per heavy atom. The van der Waals surface area contributed by atoms with E-state index in [4.69, 9.17) is 9.47 Å². The third-order valence-electron chi connectivity index (χ3n) is 2.41. The number of esters is 1. The van der Waals surface area contributed by atoms with Crippen LogP contribution in [0.25, 0.3) is 0 Å². The van der Waals surface area contributed by atoms with Gasteiger partial charge in [-0.2, -0.15) is 0 Å². The molecule has 0 radical (unpaired) electrons. The van der Waals surface area contributed by atoms with E-state index in [2.05, 4.69) is 6.58 Å². The van der Waals surface area contributed by atoms with Crippen LogP contribution in [0.2, 0.25) is 0 Å². The van der Waals surface area contributed by atoms with Crippen molar-refractivity contribution in [1.82, 2.24) is 0 Å². The van der Waals surface area contributed by atoms with Crippen LogP contribution in [0, 0.1) is 0 Å². The zero-order valence-electron chi connectivity index (χ0n) is 10.2. The maximum Gasteiger partial charge on any atom is 0.335 e. The lowest BCUT2D eigenvalue weighted by Crippen LogP contribution is -2.41. The Kier molecular flexibility index (Phi) is 4.87. The lowest BCUT2D eigenvalue weighted by molar-refractivity contribution is -0.180. The Bertz CT molecular complexity index is 273. The molecular formula is C12H20O3S. The molecular weight excluding hydrogens is 224 g/mol. The van der Waals surface area contributed by atoms with Crippen molar-refractivity contribution in [3.05, 3.63) is 12.2 Å². The lowest BCUT2D eigenvalue weighted by atomic mass is 10.2. The fourth-order valence-corrected chi connectivity index (χ4v) is 2.50. The number of rotatable bonds is 2. The molecule has 0 bridgehead atoms. The number of hydrogen-bond donors (Lipinski definition) is 0. The van der Waals surface area contributed by atoms with Gasteiger partial charge in [0.2, 0.25) is 6.29 Å². The monoisotopic (exact) mass is 244 g/mol. The molecule has 1 heterocycles. The predicted octanol–water partition coefficient (Wildman–Crippen LogP) is 2.75. The standard InChI is InChI=1S/C12H20O3S/c1-9(2)10(13)15-11-12(3,4)16-8-6-5-7-14-11/h11H,1,5-8H2,2-4H3. The van der Waals surface area contributed by atoms with Crippen molar-refractivity contribution in [2.45, 2.75) is 44.6 Å². The maximum atomic E-state index is 11.5. The van der Waals surface area contributed by atoms with E-state index in [1.807, 2.05) is 13.8 Å². The highest BCUT2D eigenvalue weighted by atomic mass is 32.2. The molecule has 3 nitrogen and oxygen atoms in total. The van der Waals surface area contributed by atoms with E-state index in [1.165, 1.54) is 0 Å². The van der Waals surface area contributed by atoms with Crippen LogP contribution in [-0.2, 0) is 14.3 Å². The van der Waals surface area contributed by atoms with Gasteiger partial charge < -0.3 is 9.47 Å². The van der Waals surface area contributed by atoms with Gasteiger partial charge in [0, 0.05) is 5.57 Å². The normalized spacial score (nSPS) is 25.3. The SMILES string of the molecule is C=C(C)C(=O)OC1OCCCCSC1(C)C. The van der Waals surface area contributed by atoms with Gasteiger partial charge in [0.15, 0.2) is 0 Å². The Morgan fingerprint density at radius 2 is 2.19 bits per heavy atom. The van der Waals surface area contributed by atoms with Crippen LogP contribution < -0.4 is 0 Å². The van der Waals surface area contributed by atoms with E-state index in [-0.39, 0.29) is 10.7 Å². The van der Waals surface area contributed by atoms with Crippen molar-refractivity contribution < 1.29 is 14.3 Å². The highest BCUT2D eigenvalue weighted by Crippen LogP contribution is 2.33. The second-order valence-corrected chi connectivity index (χ2v) is 6.30. The van der Waals surface area contributed by atoms with Gasteiger partial charge in [0.05, 0.1) is 11.4 Å². The molecule has 0 aromatic rings. The molecule has 0 saturated carbocycles. The molecule has 16 heavy (non-hydrogen) atoms. The van der Waals surface area contributed by atoms with Gasteiger partial charge in [-0.3, -0.25) is 0 Å². The summed E-state index contributed by atoms with van der Waals surface area (Å²) in [4.78, 5) is 11.5. The first-order valence-electron chi connectivity index (χ1n) is 5.55. The van der Waals surface area contributed by atoms with Crippen molar-refractivity contribution in [3.63, 3.8) is 0 Å². The second kappa shape index (κ2) is 5.73. The zero-order valence-corrected chi connectivity index (χ0v) is 11.1. The molecule has 1 aliphatic rings. The van der Waals surface area contributed by atoms with Crippen LogP contribution in [0.5, 0.6) is 0 Å². The summed E-state index contributed by atoms with van der Waals surface area (Å²) in [6, 6.07) is 0. The van der Waals surface area contributed by atoms with Gasteiger partial charge in [-0.1, -0.05) is 6.58 Å². The first-order chi connectivity index (χ1) is 7.43. The average Bonchev–Trinajstić information content (AvgIpc) is 2.18. The van der Waals surface area contributed by atoms with E-state index in [9.17, 15) is 4.79 Å². The summed E-state index contributed by atoms with van der Waals surface area (Å²) in [5.41, 5.74) is 0.409. The van der Waals surface area contributed by atoms with E-state index in [0.717, 1.165) is 18.6 Å². The summed E-state index contributed by atoms with van der Waals surface area (Å²) in [7, 11) is 0. The zero-order chi connectivity index (χ0) is 12.2. The van der Waals surface area contributed by atoms with Crippen molar-refractivity contribution >= 4 is 17.7 Å². The summed E-state index contributed by atoms with van der Waals surface area (Å²) < 4.78 is 10.7. The smallest absolute Gasteiger partial charge is 0.335 e. The molecule has 1 unspecified atom stereocenters. The summed E-state index contributed by atoms with van der Waals surface area (Å²) in [6.45, 7) is 9.95. The molecule has 1 fully saturated rings. The molecule has 1 rings (SSSR count). The highest BCUT2D eigenvalue weighted by Gasteiger charge is 2.35. The molecule has 1 saturated heterocycles. The van der Waals surface area contributed by atoms with Crippen molar-refractivity contribution in [3.8, 4) is 0 Å². The van der Waals surface area contributed by atoms with Crippen LogP contribution in [0.1, 0.15) is 33.6 Å². The second-order valence-electron chi connectivity index (χ2n) is 4.55. The van der Waals surface area contributed by atoms with Crippen molar-refractivity contribution in [1.29, 1.82) is 0 Å². The average molecular weight is 244 g/mol. The van der Waals surface area contributed by atoms with E-state index < -0.39 is 6.29 Å². The van der Waals surface area contributed by atoms with Crippen LogP contribution >= 0.6 is 11.8 Å². The fourth-order valence-electron chi connectivity index (χ4n) is 1.37. The van der Waals surface area contributed by atoms with Gasteiger partial charge >= 0.3 is 5.97 Å². The third-order valence-corrected chi connectivity index (χ3v) is 3.84. The van der Waals surface area contributed by atoms with Gasteiger partial charge in [-0.25, -0.2) is 4.79 Å². The molecule has 4 heteroatoms. The van der Waals surface area contributed by atoms with E-state index in [1.54, 1.807) is 18.7 Å². The molecule has 0 aromatic carbocycles. The number of carbonyl (C=O) groups excluding carboxylic acids is 1. The first kappa shape index (κ1) is 13.6. The summed E-state index contributed by atoms with van der Waals surface area (Å²) >= 11 is 1.78. The Balaban J connectivity index is 2.65. The highest BCUT2D eigenvalue weighted by molar-refractivity contribution is 8.00. The fraction of sp³-hybridized carbons (Fsp3) is 0.750. The molecule has 1 atom stereocenters. The molecule has 1 aliphatic heterocycles. The topological polar surface area (TPSA) is 35.5 Å². The lowest BCUT2D eigenvalue weighted by Gasteiger charge is -2.34. The molecule has 0 N–H and O–H groups in total. The molecule has 92 valence electrons. The van der Waals surface area contributed by atoms with Gasteiger partial charge in [-0.15, -0.1) is 11.8 Å². The van der Waals surface area contributed by atoms with E-state index in [0.29, 0.717) is 12.2 Å². The van der Waals surface area contributed by atoms with Crippen LogP contribution in [0.3, 0.4) is 0 Å². The minimum atomic E-state index is -0.484. The quantitative estimate of drug-likeness (QED) is 0.553. The maximum absolute atomic E-state index is 11.5. The van der Waals surface area contributed by atoms with Crippen LogP contribution in [0.15, 0.2) is 12.2 Å². The largest absolute Gasteiger partial charge is 0.431 e. The molecule has 0 amide bonds. The van der Waals surface area contributed by atoms with Gasteiger partial charge in [0.25, 0.3) is 0 Å². The minimum Gasteiger partial charge on any atom is -0.431 e. The minimum absolute atomic E-state index is 0.203. The summed E-state index contributed by atoms with van der Waals surface area (Å²) in [5, 5.41) is 0. The number of ether oxygens (including phenoxy) is 2. The first-order valence-corrected chi connectivity index (χ1v) is 6.54. The third kappa shape index (κ3) is 3.83. The van der Waals surface area contributed by atoms with Crippen LogP contribution in [-0.4, -0.2) is 29.4 Å². The predicted molar refractivity (Wildman–Crippen MR) is 66.4 cm³/mol. The van der Waals surface area contributed by atoms with Crippen LogP contribution in [0.4, 0.5) is 0 Å². The number of hydrogen-bond acceptors (Lipinski definition) is 4. The van der Waals surface area contributed by atoms with Crippen molar-refractivity contribution in [2.24, 2.45) is 0 Å². The van der Waals surface area contributed by atoms with Gasteiger partial charge in [-0.05, 0) is 39.4 Å². The Hall–Kier alpha value is -0.480. The van der Waals surface area contributed by atoms with E-state index >= 15 is 0 Å². The summed E-state index contributed by atoms with van der Waals surface area (Å²) in [6.07, 6.45) is 1.68. The molecule has 0 aliphatic carbocycles. The number of carbonyl (C=O) groups is 1. The Morgan fingerprint density at radius 1 is 1.50 bits per heavy atom. The number of thioether (sulfide) groups is 1.